The zero-order valence-electron chi connectivity index (χ0n) is 12.6. The van der Waals surface area contributed by atoms with Gasteiger partial charge in [-0.1, -0.05) is 6.07 Å². The van der Waals surface area contributed by atoms with Crippen molar-refractivity contribution in [1.29, 1.82) is 0 Å². The van der Waals surface area contributed by atoms with Gasteiger partial charge >= 0.3 is 6.03 Å². The first-order chi connectivity index (χ1) is 10.7. The molecular weight excluding hydrogens is 300 g/mol. The third-order valence-electron chi connectivity index (χ3n) is 4.22. The van der Waals surface area contributed by atoms with Gasteiger partial charge in [0.25, 0.3) is 0 Å². The number of hydrogen-bond acceptors (Lipinski definition) is 4. The van der Waals surface area contributed by atoms with Crippen LogP contribution in [-0.4, -0.2) is 48.0 Å². The van der Waals surface area contributed by atoms with E-state index < -0.39 is 0 Å². The van der Waals surface area contributed by atoms with E-state index in [0.717, 1.165) is 19.5 Å². The molecule has 1 unspecified atom stereocenters. The first-order valence-corrected chi connectivity index (χ1v) is 8.74. The fourth-order valence-corrected chi connectivity index (χ4v) is 3.92. The quantitative estimate of drug-likeness (QED) is 0.867. The predicted octanol–water partition coefficient (Wildman–Crippen LogP) is 1.72. The first-order valence-electron chi connectivity index (χ1n) is 7.86. The Hall–Kier alpha value is -1.60. The van der Waals surface area contributed by atoms with E-state index in [0.29, 0.717) is 19.5 Å². The number of nitrogens with zero attached hydrogens (tertiary/aromatic N) is 2. The van der Waals surface area contributed by atoms with Gasteiger partial charge in [0.2, 0.25) is 5.91 Å². The number of hydrazine groups is 1. The maximum Gasteiger partial charge on any atom is 0.333 e. The second-order valence-electron chi connectivity index (χ2n) is 5.75. The number of likely N-dealkylation sites (tertiary alicyclic amines) is 1. The third-order valence-corrected chi connectivity index (χ3v) is 5.19. The summed E-state index contributed by atoms with van der Waals surface area (Å²) in [6.45, 7) is 3.33. The van der Waals surface area contributed by atoms with Gasteiger partial charge in [0.15, 0.2) is 0 Å². The van der Waals surface area contributed by atoms with Crippen molar-refractivity contribution >= 4 is 23.3 Å². The van der Waals surface area contributed by atoms with Crippen LogP contribution in [0, 0.1) is 0 Å². The Morgan fingerprint density at radius 3 is 2.73 bits per heavy atom. The van der Waals surface area contributed by atoms with Crippen LogP contribution in [0.15, 0.2) is 17.5 Å². The summed E-state index contributed by atoms with van der Waals surface area (Å²) in [5, 5.41) is 6.40. The molecule has 0 aromatic carbocycles. The van der Waals surface area contributed by atoms with Crippen molar-refractivity contribution in [2.24, 2.45) is 0 Å². The van der Waals surface area contributed by atoms with Gasteiger partial charge in [-0.15, -0.1) is 11.3 Å². The van der Waals surface area contributed by atoms with E-state index in [-0.39, 0.29) is 18.0 Å². The minimum absolute atomic E-state index is 0.00972. The van der Waals surface area contributed by atoms with Gasteiger partial charge < -0.3 is 5.32 Å². The highest BCUT2D eigenvalue weighted by molar-refractivity contribution is 7.10. The van der Waals surface area contributed by atoms with Crippen LogP contribution in [0.3, 0.4) is 0 Å². The lowest BCUT2D eigenvalue weighted by molar-refractivity contribution is -0.129. The summed E-state index contributed by atoms with van der Waals surface area (Å²) in [6.07, 6.45) is 3.77. The van der Waals surface area contributed by atoms with Gasteiger partial charge in [0, 0.05) is 24.4 Å². The van der Waals surface area contributed by atoms with Crippen molar-refractivity contribution < 1.29 is 9.59 Å². The fourth-order valence-electron chi connectivity index (χ4n) is 3.06. The average molecular weight is 322 g/mol. The fraction of sp³-hybridized carbons (Fsp3) is 0.600. The van der Waals surface area contributed by atoms with E-state index in [1.807, 2.05) is 6.07 Å². The van der Waals surface area contributed by atoms with Crippen LogP contribution in [0.4, 0.5) is 4.79 Å². The number of urea groups is 1. The van der Waals surface area contributed by atoms with E-state index in [1.165, 1.54) is 22.7 Å². The molecule has 0 bridgehead atoms. The average Bonchev–Trinajstić information content (AvgIpc) is 3.23. The molecule has 120 valence electrons. The van der Waals surface area contributed by atoms with Gasteiger partial charge in [-0.25, -0.2) is 10.2 Å². The molecule has 0 aliphatic carbocycles. The topological polar surface area (TPSA) is 64.7 Å². The Labute approximate surface area is 134 Å². The maximum atomic E-state index is 12.0. The summed E-state index contributed by atoms with van der Waals surface area (Å²) in [4.78, 5) is 27.2. The number of hydrogen-bond donors (Lipinski definition) is 2. The van der Waals surface area contributed by atoms with Gasteiger partial charge in [0.05, 0.1) is 6.04 Å². The number of thiophene rings is 1. The number of nitrogens with one attached hydrogen (secondary N) is 2. The lowest BCUT2D eigenvalue weighted by atomic mass is 10.2. The minimum Gasteiger partial charge on any atom is -0.335 e. The van der Waals surface area contributed by atoms with Crippen LogP contribution < -0.4 is 10.7 Å². The molecular formula is C15H22N4O2S. The predicted molar refractivity (Wildman–Crippen MR) is 85.3 cm³/mol. The minimum atomic E-state index is -0.295. The van der Waals surface area contributed by atoms with E-state index in [4.69, 9.17) is 0 Å². The highest BCUT2D eigenvalue weighted by Gasteiger charge is 2.26. The zero-order valence-corrected chi connectivity index (χ0v) is 13.4. The van der Waals surface area contributed by atoms with Gasteiger partial charge in [0.1, 0.15) is 0 Å². The number of rotatable bonds is 5. The van der Waals surface area contributed by atoms with Crippen molar-refractivity contribution in [2.45, 2.75) is 31.7 Å². The van der Waals surface area contributed by atoms with Gasteiger partial charge in [-0.3, -0.25) is 14.7 Å². The molecule has 1 atom stereocenters. The van der Waals surface area contributed by atoms with Crippen molar-refractivity contribution in [3.8, 4) is 0 Å². The standard InChI is InChI=1S/C15H22N4O2S/c20-14-6-3-9-19(14)17-15(21)16-11-12(13-5-4-10-22-13)18-7-1-2-8-18/h4-5,10,12H,1-3,6-9,11H2,(H2,16,17,21). The van der Waals surface area contributed by atoms with E-state index >= 15 is 0 Å². The summed E-state index contributed by atoms with van der Waals surface area (Å²) in [6, 6.07) is 4.10. The Balaban J connectivity index is 1.54. The molecule has 2 N–H and O–H groups in total. The summed E-state index contributed by atoms with van der Waals surface area (Å²) in [5.41, 5.74) is 2.64. The molecule has 1 aromatic heterocycles. The maximum absolute atomic E-state index is 12.0. The SMILES string of the molecule is O=C(NCC(c1cccs1)N1CCCC1)NN1CCCC1=O. The van der Waals surface area contributed by atoms with Crippen LogP contribution in [-0.2, 0) is 4.79 Å². The Morgan fingerprint density at radius 2 is 2.09 bits per heavy atom. The monoisotopic (exact) mass is 322 g/mol. The van der Waals surface area contributed by atoms with Crippen molar-refractivity contribution in [2.75, 3.05) is 26.2 Å². The number of carbonyl (C=O) groups excluding carboxylic acids is 2. The van der Waals surface area contributed by atoms with Crippen LogP contribution in [0.5, 0.6) is 0 Å². The Bertz CT molecular complexity index is 514. The molecule has 7 heteroatoms. The molecule has 3 rings (SSSR count). The van der Waals surface area contributed by atoms with Crippen LogP contribution in [0.2, 0.25) is 0 Å². The van der Waals surface area contributed by atoms with Crippen molar-refractivity contribution in [3.05, 3.63) is 22.4 Å². The van der Waals surface area contributed by atoms with Crippen LogP contribution in [0.25, 0.3) is 0 Å². The molecule has 22 heavy (non-hydrogen) atoms. The number of amides is 3. The molecule has 0 saturated carbocycles. The molecule has 3 heterocycles. The summed E-state index contributed by atoms with van der Waals surface area (Å²) < 4.78 is 0. The molecule has 0 spiro atoms. The number of carbonyl (C=O) groups is 2. The summed E-state index contributed by atoms with van der Waals surface area (Å²) >= 11 is 1.72. The summed E-state index contributed by atoms with van der Waals surface area (Å²) in [5.74, 6) is -0.00972. The summed E-state index contributed by atoms with van der Waals surface area (Å²) in [7, 11) is 0. The van der Waals surface area contributed by atoms with Gasteiger partial charge in [-0.05, 0) is 43.8 Å². The molecule has 2 aliphatic heterocycles. The van der Waals surface area contributed by atoms with Crippen LogP contribution >= 0.6 is 11.3 Å². The second kappa shape index (κ2) is 7.11. The van der Waals surface area contributed by atoms with Crippen LogP contribution in [0.1, 0.15) is 36.6 Å². The van der Waals surface area contributed by atoms with E-state index in [2.05, 4.69) is 27.1 Å². The third kappa shape index (κ3) is 3.59. The normalized spacial score (nSPS) is 20.4. The van der Waals surface area contributed by atoms with Crippen molar-refractivity contribution in [1.82, 2.24) is 20.7 Å². The first kappa shape index (κ1) is 15.3. The highest BCUT2D eigenvalue weighted by atomic mass is 32.1. The molecule has 2 aliphatic rings. The van der Waals surface area contributed by atoms with Gasteiger partial charge in [-0.2, -0.15) is 0 Å². The lowest BCUT2D eigenvalue weighted by Gasteiger charge is -2.27. The zero-order chi connectivity index (χ0) is 15.4. The highest BCUT2D eigenvalue weighted by Crippen LogP contribution is 2.27. The molecule has 0 radical (unpaired) electrons. The second-order valence-corrected chi connectivity index (χ2v) is 6.72. The Morgan fingerprint density at radius 1 is 1.27 bits per heavy atom. The smallest absolute Gasteiger partial charge is 0.333 e. The van der Waals surface area contributed by atoms with E-state index in [9.17, 15) is 9.59 Å². The van der Waals surface area contributed by atoms with Crippen molar-refractivity contribution in [3.63, 3.8) is 0 Å². The molecule has 6 nitrogen and oxygen atoms in total. The molecule has 1 aromatic rings. The lowest BCUT2D eigenvalue weighted by Crippen LogP contribution is -2.49. The van der Waals surface area contributed by atoms with E-state index in [1.54, 1.807) is 11.3 Å². The Kier molecular flexibility index (Phi) is 4.94. The molecule has 2 fully saturated rings. The largest absolute Gasteiger partial charge is 0.335 e. The molecule has 3 amide bonds. The molecule has 2 saturated heterocycles.